The van der Waals surface area contributed by atoms with Gasteiger partial charge in [0.1, 0.15) is 0 Å². The van der Waals surface area contributed by atoms with Crippen molar-refractivity contribution < 1.29 is 38.1 Å². The van der Waals surface area contributed by atoms with Crippen LogP contribution in [0.1, 0.15) is 53.4 Å². The van der Waals surface area contributed by atoms with Crippen LogP contribution in [0.3, 0.4) is 0 Å². The minimum Gasteiger partial charge on any atom is -0.466 e. The van der Waals surface area contributed by atoms with Crippen molar-refractivity contribution in [1.29, 1.82) is 0 Å². The predicted octanol–water partition coefficient (Wildman–Crippen LogP) is 1.50. The lowest BCUT2D eigenvalue weighted by Crippen LogP contribution is -2.54. The molecule has 0 unspecified atom stereocenters. The van der Waals surface area contributed by atoms with Crippen LogP contribution >= 0.6 is 0 Å². The summed E-state index contributed by atoms with van der Waals surface area (Å²) >= 11 is 0. The molecule has 1 aliphatic heterocycles. The molecule has 136 valence electrons. The van der Waals surface area contributed by atoms with Crippen LogP contribution in [0.15, 0.2) is 0 Å². The topological polar surface area (TPSA) is 105 Å². The van der Waals surface area contributed by atoms with Crippen LogP contribution in [0.25, 0.3) is 0 Å². The van der Waals surface area contributed by atoms with Crippen LogP contribution < -0.4 is 0 Å². The smallest absolute Gasteiger partial charge is 0.326 e. The molecule has 0 bridgehead atoms. The van der Waals surface area contributed by atoms with Gasteiger partial charge in [0.15, 0.2) is 5.41 Å². The Bertz CT molecular complexity index is 464. The lowest BCUT2D eigenvalue weighted by Gasteiger charge is -2.40. The zero-order chi connectivity index (χ0) is 18.4. The number of carbonyl (C=O) groups is 4. The van der Waals surface area contributed by atoms with Gasteiger partial charge in [-0.2, -0.15) is 0 Å². The van der Waals surface area contributed by atoms with E-state index >= 15 is 0 Å². The maximum atomic E-state index is 12.5. The Morgan fingerprint density at radius 2 is 1.25 bits per heavy atom. The van der Waals surface area contributed by atoms with Gasteiger partial charge in [-0.1, -0.05) is 0 Å². The van der Waals surface area contributed by atoms with Crippen molar-refractivity contribution in [3.05, 3.63) is 0 Å². The van der Waals surface area contributed by atoms with Crippen molar-refractivity contribution in [3.8, 4) is 0 Å². The van der Waals surface area contributed by atoms with Gasteiger partial charge in [-0.25, -0.2) is 0 Å². The van der Waals surface area contributed by atoms with E-state index in [9.17, 15) is 19.2 Å². The first-order valence-corrected chi connectivity index (χ1v) is 7.95. The SMILES string of the molecule is CCOC(=O)CCC1(CCC(=O)OCC)C(=O)OC(C)(C)OC1=O. The normalized spacial score (nSPS) is 18.3. The molecule has 0 aliphatic carbocycles. The van der Waals surface area contributed by atoms with Crippen molar-refractivity contribution in [2.75, 3.05) is 13.2 Å². The first-order valence-electron chi connectivity index (χ1n) is 7.95. The fourth-order valence-corrected chi connectivity index (χ4v) is 2.38. The fraction of sp³-hybridized carbons (Fsp3) is 0.750. The van der Waals surface area contributed by atoms with Crippen LogP contribution in [-0.4, -0.2) is 42.9 Å². The molecule has 0 radical (unpaired) electrons. The van der Waals surface area contributed by atoms with Gasteiger partial charge in [0.2, 0.25) is 0 Å². The van der Waals surface area contributed by atoms with Crippen molar-refractivity contribution in [2.24, 2.45) is 5.41 Å². The van der Waals surface area contributed by atoms with E-state index in [0.717, 1.165) is 0 Å². The molecule has 1 aliphatic rings. The molecule has 0 atom stereocenters. The van der Waals surface area contributed by atoms with E-state index in [1.165, 1.54) is 13.8 Å². The standard InChI is InChI=1S/C16H24O8/c1-5-21-11(17)7-9-16(10-8-12(18)22-6-2)13(19)23-15(3,4)24-14(16)20/h5-10H2,1-4H3. The summed E-state index contributed by atoms with van der Waals surface area (Å²) in [5.74, 6) is -4.09. The maximum Gasteiger partial charge on any atom is 0.326 e. The summed E-state index contributed by atoms with van der Waals surface area (Å²) in [5.41, 5.74) is -1.71. The molecule has 1 saturated heterocycles. The highest BCUT2D eigenvalue weighted by atomic mass is 16.7. The van der Waals surface area contributed by atoms with E-state index in [0.29, 0.717) is 0 Å². The summed E-state index contributed by atoms with van der Waals surface area (Å²) in [7, 11) is 0. The summed E-state index contributed by atoms with van der Waals surface area (Å²) in [6.07, 6.45) is -0.638. The maximum absolute atomic E-state index is 12.5. The summed E-state index contributed by atoms with van der Waals surface area (Å²) in [5, 5.41) is 0. The minimum atomic E-state index is -1.71. The zero-order valence-corrected chi connectivity index (χ0v) is 14.5. The van der Waals surface area contributed by atoms with Crippen LogP contribution in [0, 0.1) is 5.41 Å². The number of carbonyl (C=O) groups excluding carboxylic acids is 4. The van der Waals surface area contributed by atoms with Gasteiger partial charge in [0, 0.05) is 26.7 Å². The third kappa shape index (κ3) is 4.94. The monoisotopic (exact) mass is 344 g/mol. The second kappa shape index (κ2) is 8.12. The van der Waals surface area contributed by atoms with E-state index < -0.39 is 35.1 Å². The first kappa shape index (κ1) is 19.9. The molecule has 0 saturated carbocycles. The largest absolute Gasteiger partial charge is 0.466 e. The Kier molecular flexibility index (Phi) is 6.74. The zero-order valence-electron chi connectivity index (χ0n) is 14.5. The average molecular weight is 344 g/mol. The molecule has 0 aromatic rings. The number of hydrogen-bond donors (Lipinski definition) is 0. The van der Waals surface area contributed by atoms with Gasteiger partial charge in [-0.3, -0.25) is 19.2 Å². The predicted molar refractivity (Wildman–Crippen MR) is 80.4 cm³/mol. The third-order valence-electron chi connectivity index (χ3n) is 3.58. The Morgan fingerprint density at radius 1 is 0.875 bits per heavy atom. The highest BCUT2D eigenvalue weighted by Gasteiger charge is 2.56. The molecule has 0 spiro atoms. The molecule has 0 aromatic carbocycles. The summed E-state index contributed by atoms with van der Waals surface area (Å²) in [6.45, 7) is 6.56. The number of hydrogen-bond acceptors (Lipinski definition) is 8. The van der Waals surface area contributed by atoms with Crippen LogP contribution in [0.4, 0.5) is 0 Å². The van der Waals surface area contributed by atoms with E-state index in [2.05, 4.69) is 0 Å². The summed E-state index contributed by atoms with van der Waals surface area (Å²) in [4.78, 5) is 48.1. The Hall–Kier alpha value is -2.12. The van der Waals surface area contributed by atoms with Gasteiger partial charge in [0.05, 0.1) is 13.2 Å². The minimum absolute atomic E-state index is 0.154. The van der Waals surface area contributed by atoms with E-state index in [-0.39, 0.29) is 38.9 Å². The van der Waals surface area contributed by atoms with E-state index in [1.807, 2.05) is 0 Å². The third-order valence-corrected chi connectivity index (χ3v) is 3.58. The van der Waals surface area contributed by atoms with Crippen molar-refractivity contribution in [1.82, 2.24) is 0 Å². The van der Waals surface area contributed by atoms with Crippen LogP contribution in [-0.2, 0) is 38.1 Å². The number of rotatable bonds is 8. The van der Waals surface area contributed by atoms with Gasteiger partial charge in [0.25, 0.3) is 5.79 Å². The fourth-order valence-electron chi connectivity index (χ4n) is 2.38. The molecular weight excluding hydrogens is 320 g/mol. The molecular formula is C16H24O8. The van der Waals surface area contributed by atoms with Gasteiger partial charge in [-0.15, -0.1) is 0 Å². The molecule has 1 heterocycles. The van der Waals surface area contributed by atoms with E-state index in [1.54, 1.807) is 13.8 Å². The molecule has 0 N–H and O–H groups in total. The lowest BCUT2D eigenvalue weighted by atomic mass is 9.78. The van der Waals surface area contributed by atoms with E-state index in [4.69, 9.17) is 18.9 Å². The summed E-state index contributed by atoms with van der Waals surface area (Å²) in [6, 6.07) is 0. The van der Waals surface area contributed by atoms with Crippen LogP contribution in [0.2, 0.25) is 0 Å². The molecule has 24 heavy (non-hydrogen) atoms. The number of esters is 4. The number of ether oxygens (including phenoxy) is 4. The highest BCUT2D eigenvalue weighted by Crippen LogP contribution is 2.40. The molecule has 0 amide bonds. The van der Waals surface area contributed by atoms with Gasteiger partial charge >= 0.3 is 23.9 Å². The lowest BCUT2D eigenvalue weighted by molar-refractivity contribution is -0.252. The highest BCUT2D eigenvalue weighted by molar-refractivity contribution is 6.02. The molecule has 1 rings (SSSR count). The first-order chi connectivity index (χ1) is 11.2. The molecule has 1 fully saturated rings. The quantitative estimate of drug-likeness (QED) is 0.370. The molecule has 8 nitrogen and oxygen atoms in total. The Morgan fingerprint density at radius 3 is 1.58 bits per heavy atom. The average Bonchev–Trinajstić information content (AvgIpc) is 2.45. The van der Waals surface area contributed by atoms with Crippen LogP contribution in [0.5, 0.6) is 0 Å². The second-order valence-electron chi connectivity index (χ2n) is 5.87. The molecule has 0 aromatic heterocycles. The molecule has 8 heteroatoms. The Labute approximate surface area is 140 Å². The van der Waals surface area contributed by atoms with Crippen molar-refractivity contribution >= 4 is 23.9 Å². The second-order valence-corrected chi connectivity index (χ2v) is 5.87. The summed E-state index contributed by atoms with van der Waals surface area (Å²) < 4.78 is 20.0. The number of cyclic esters (lactones) is 2. The van der Waals surface area contributed by atoms with Gasteiger partial charge < -0.3 is 18.9 Å². The van der Waals surface area contributed by atoms with Crippen molar-refractivity contribution in [3.63, 3.8) is 0 Å². The van der Waals surface area contributed by atoms with Gasteiger partial charge in [-0.05, 0) is 26.7 Å². The van der Waals surface area contributed by atoms with Crippen molar-refractivity contribution in [2.45, 2.75) is 59.2 Å². The Balaban J connectivity index is 2.93.